The van der Waals surface area contributed by atoms with Crippen LogP contribution in [0.5, 0.6) is 11.5 Å². The van der Waals surface area contributed by atoms with Crippen molar-refractivity contribution in [3.05, 3.63) is 53.1 Å². The van der Waals surface area contributed by atoms with Gasteiger partial charge in [0.1, 0.15) is 5.75 Å². The number of nitrogen functional groups attached to an aromatic ring is 1. The van der Waals surface area contributed by atoms with Crippen LogP contribution in [-0.4, -0.2) is 5.91 Å². The highest BCUT2D eigenvalue weighted by Crippen LogP contribution is 2.30. The van der Waals surface area contributed by atoms with E-state index in [-0.39, 0.29) is 0 Å². The van der Waals surface area contributed by atoms with Crippen LogP contribution in [-0.2, 0) is 0 Å². The van der Waals surface area contributed by atoms with Crippen molar-refractivity contribution in [3.8, 4) is 11.5 Å². The van der Waals surface area contributed by atoms with Crippen molar-refractivity contribution < 1.29 is 9.53 Å². The monoisotopic (exact) mass is 284 g/mol. The van der Waals surface area contributed by atoms with Gasteiger partial charge in [-0.05, 0) is 54.3 Å². The maximum atomic E-state index is 11.2. The summed E-state index contributed by atoms with van der Waals surface area (Å²) in [6, 6.07) is 10.7. The number of rotatable bonds is 4. The summed E-state index contributed by atoms with van der Waals surface area (Å²) in [7, 11) is 0. The molecule has 2 aromatic carbocycles. The number of amides is 1. The zero-order chi connectivity index (χ0) is 15.6. The van der Waals surface area contributed by atoms with Gasteiger partial charge in [0.25, 0.3) is 0 Å². The van der Waals surface area contributed by atoms with Gasteiger partial charge < -0.3 is 16.2 Å². The fraction of sp³-hybridized carbons (Fsp3) is 0.235. The van der Waals surface area contributed by atoms with Crippen molar-refractivity contribution in [2.45, 2.75) is 26.7 Å². The molecular weight excluding hydrogens is 264 g/mol. The molecule has 0 heterocycles. The largest absolute Gasteiger partial charge is 0.455 e. The number of hydrogen-bond donors (Lipinski definition) is 2. The second-order valence-corrected chi connectivity index (χ2v) is 5.39. The first-order valence-corrected chi connectivity index (χ1v) is 6.86. The van der Waals surface area contributed by atoms with Crippen molar-refractivity contribution in [1.29, 1.82) is 0 Å². The van der Waals surface area contributed by atoms with Gasteiger partial charge in [0.15, 0.2) is 5.75 Å². The van der Waals surface area contributed by atoms with Gasteiger partial charge >= 0.3 is 0 Å². The summed E-state index contributed by atoms with van der Waals surface area (Å²) in [6.45, 7) is 6.35. The van der Waals surface area contributed by atoms with Gasteiger partial charge in [-0.1, -0.05) is 19.9 Å². The molecule has 2 rings (SSSR count). The second-order valence-electron chi connectivity index (χ2n) is 5.39. The van der Waals surface area contributed by atoms with Crippen molar-refractivity contribution >= 4 is 11.6 Å². The summed E-state index contributed by atoms with van der Waals surface area (Å²) in [5.41, 5.74) is 14.4. The van der Waals surface area contributed by atoms with E-state index in [1.807, 2.05) is 25.1 Å². The highest BCUT2D eigenvalue weighted by atomic mass is 16.5. The molecule has 0 bridgehead atoms. The molecule has 4 heteroatoms. The summed E-state index contributed by atoms with van der Waals surface area (Å²) in [5, 5.41) is 0. The van der Waals surface area contributed by atoms with Crippen molar-refractivity contribution in [2.24, 2.45) is 5.73 Å². The predicted molar refractivity (Wildman–Crippen MR) is 84.7 cm³/mol. The molecule has 0 radical (unpaired) electrons. The first-order valence-electron chi connectivity index (χ1n) is 6.86. The number of hydrogen-bond acceptors (Lipinski definition) is 3. The Morgan fingerprint density at radius 1 is 1.14 bits per heavy atom. The van der Waals surface area contributed by atoms with E-state index < -0.39 is 5.91 Å². The Kier molecular flexibility index (Phi) is 4.17. The minimum atomic E-state index is -0.508. The van der Waals surface area contributed by atoms with Crippen LogP contribution in [0.3, 0.4) is 0 Å². The van der Waals surface area contributed by atoms with E-state index in [0.717, 1.165) is 5.56 Å². The molecule has 0 saturated carbocycles. The van der Waals surface area contributed by atoms with Crippen LogP contribution in [0, 0.1) is 6.92 Å². The average molecular weight is 284 g/mol. The average Bonchev–Trinajstić information content (AvgIpc) is 2.40. The van der Waals surface area contributed by atoms with E-state index in [4.69, 9.17) is 16.2 Å². The molecule has 0 saturated heterocycles. The molecule has 0 aliphatic heterocycles. The number of carbonyl (C=O) groups is 1. The van der Waals surface area contributed by atoms with E-state index in [1.165, 1.54) is 5.56 Å². The SMILES string of the molecule is Cc1cc(Oc2cc(C(N)=O)ccc2N)ccc1C(C)C. The number of anilines is 1. The Bertz CT molecular complexity index is 678. The van der Waals surface area contributed by atoms with E-state index in [0.29, 0.717) is 28.7 Å². The van der Waals surface area contributed by atoms with Gasteiger partial charge in [0.2, 0.25) is 5.91 Å². The van der Waals surface area contributed by atoms with Gasteiger partial charge in [0, 0.05) is 5.56 Å². The molecule has 4 nitrogen and oxygen atoms in total. The first kappa shape index (κ1) is 14.9. The third-order valence-corrected chi connectivity index (χ3v) is 3.39. The van der Waals surface area contributed by atoms with Crippen molar-refractivity contribution in [1.82, 2.24) is 0 Å². The zero-order valence-electron chi connectivity index (χ0n) is 12.5. The molecule has 0 fully saturated rings. The predicted octanol–water partition coefficient (Wildman–Crippen LogP) is 3.59. The number of aryl methyl sites for hydroxylation is 1. The van der Waals surface area contributed by atoms with Crippen LogP contribution < -0.4 is 16.2 Å². The first-order chi connectivity index (χ1) is 9.88. The molecule has 4 N–H and O–H groups in total. The fourth-order valence-electron chi connectivity index (χ4n) is 2.26. The Morgan fingerprint density at radius 3 is 2.43 bits per heavy atom. The smallest absolute Gasteiger partial charge is 0.248 e. The summed E-state index contributed by atoms with van der Waals surface area (Å²) in [6.07, 6.45) is 0. The van der Waals surface area contributed by atoms with E-state index in [2.05, 4.69) is 13.8 Å². The molecule has 0 unspecified atom stereocenters. The van der Waals surface area contributed by atoms with Crippen LogP contribution in [0.2, 0.25) is 0 Å². The molecule has 2 aromatic rings. The maximum Gasteiger partial charge on any atom is 0.248 e. The maximum absolute atomic E-state index is 11.2. The number of benzene rings is 2. The minimum absolute atomic E-state index is 0.370. The minimum Gasteiger partial charge on any atom is -0.455 e. The molecule has 21 heavy (non-hydrogen) atoms. The van der Waals surface area contributed by atoms with Crippen LogP contribution in [0.15, 0.2) is 36.4 Å². The third kappa shape index (κ3) is 3.34. The third-order valence-electron chi connectivity index (χ3n) is 3.39. The highest BCUT2D eigenvalue weighted by molar-refractivity contribution is 5.93. The summed E-state index contributed by atoms with van der Waals surface area (Å²) in [5.74, 6) is 1.07. The Balaban J connectivity index is 2.32. The molecule has 0 aliphatic carbocycles. The Morgan fingerprint density at radius 2 is 1.86 bits per heavy atom. The quantitative estimate of drug-likeness (QED) is 0.842. The van der Waals surface area contributed by atoms with E-state index in [1.54, 1.807) is 18.2 Å². The fourth-order valence-corrected chi connectivity index (χ4v) is 2.26. The number of ether oxygens (including phenoxy) is 1. The lowest BCUT2D eigenvalue weighted by molar-refractivity contribution is 0.1000. The molecule has 0 atom stereocenters. The molecule has 1 amide bonds. The molecule has 0 aromatic heterocycles. The normalized spacial score (nSPS) is 10.7. The second kappa shape index (κ2) is 5.87. The zero-order valence-corrected chi connectivity index (χ0v) is 12.5. The van der Waals surface area contributed by atoms with Crippen LogP contribution in [0.25, 0.3) is 0 Å². The van der Waals surface area contributed by atoms with Crippen molar-refractivity contribution in [2.75, 3.05) is 5.73 Å². The number of primary amides is 1. The van der Waals surface area contributed by atoms with Gasteiger partial charge in [-0.15, -0.1) is 0 Å². The Labute approximate surface area is 124 Å². The van der Waals surface area contributed by atoms with E-state index >= 15 is 0 Å². The topological polar surface area (TPSA) is 78.3 Å². The number of carbonyl (C=O) groups excluding carboxylic acids is 1. The van der Waals surface area contributed by atoms with Gasteiger partial charge in [-0.25, -0.2) is 0 Å². The van der Waals surface area contributed by atoms with E-state index in [9.17, 15) is 4.79 Å². The molecule has 110 valence electrons. The lowest BCUT2D eigenvalue weighted by Gasteiger charge is -2.13. The van der Waals surface area contributed by atoms with Crippen LogP contribution >= 0.6 is 0 Å². The molecule has 0 spiro atoms. The lowest BCUT2D eigenvalue weighted by atomic mass is 9.98. The summed E-state index contributed by atoms with van der Waals surface area (Å²) >= 11 is 0. The summed E-state index contributed by atoms with van der Waals surface area (Å²) in [4.78, 5) is 11.2. The van der Waals surface area contributed by atoms with Gasteiger partial charge in [0.05, 0.1) is 5.69 Å². The molecule has 0 aliphatic rings. The number of nitrogens with two attached hydrogens (primary N) is 2. The van der Waals surface area contributed by atoms with Gasteiger partial charge in [-0.2, -0.15) is 0 Å². The lowest BCUT2D eigenvalue weighted by Crippen LogP contribution is -2.11. The van der Waals surface area contributed by atoms with Crippen LogP contribution in [0.4, 0.5) is 5.69 Å². The van der Waals surface area contributed by atoms with Crippen LogP contribution in [0.1, 0.15) is 41.3 Å². The van der Waals surface area contributed by atoms with Crippen molar-refractivity contribution in [3.63, 3.8) is 0 Å². The summed E-state index contributed by atoms with van der Waals surface area (Å²) < 4.78 is 5.78. The van der Waals surface area contributed by atoms with Gasteiger partial charge in [-0.3, -0.25) is 4.79 Å². The standard InChI is InChI=1S/C17H20N2O2/c1-10(2)14-6-5-13(8-11(14)3)21-16-9-12(17(19)20)4-7-15(16)18/h4-10H,18H2,1-3H3,(H2,19,20). The highest BCUT2D eigenvalue weighted by Gasteiger charge is 2.09. The Hall–Kier alpha value is -2.49. The molecular formula is C17H20N2O2.